The maximum absolute atomic E-state index is 12.6. The molecule has 3 rings (SSSR count). The van der Waals surface area contributed by atoms with E-state index in [4.69, 9.17) is 0 Å². The predicted octanol–water partition coefficient (Wildman–Crippen LogP) is 1.80. The highest BCUT2D eigenvalue weighted by Gasteiger charge is 2.25. The molecule has 8 heteroatoms. The number of fused-ring (bicyclic) bond motifs is 1. The van der Waals surface area contributed by atoms with Gasteiger partial charge in [-0.1, -0.05) is 0 Å². The molecule has 6 nitrogen and oxygen atoms in total. The van der Waals surface area contributed by atoms with Crippen LogP contribution in [0.2, 0.25) is 0 Å². The van der Waals surface area contributed by atoms with Gasteiger partial charge in [-0.3, -0.25) is 4.79 Å². The number of amides is 1. The molecule has 0 saturated carbocycles. The van der Waals surface area contributed by atoms with Crippen LogP contribution in [0, 0.1) is 0 Å². The van der Waals surface area contributed by atoms with E-state index in [0.29, 0.717) is 18.9 Å². The van der Waals surface area contributed by atoms with Crippen molar-refractivity contribution in [3.8, 4) is 0 Å². The number of hydrogen-bond donors (Lipinski definition) is 3. The van der Waals surface area contributed by atoms with Crippen molar-refractivity contribution in [3.63, 3.8) is 0 Å². The Labute approximate surface area is 149 Å². The largest absolute Gasteiger partial charge is 0.326 e. The fourth-order valence-corrected chi connectivity index (χ4v) is 4.58. The minimum atomic E-state index is -3.53. The number of benzene rings is 1. The van der Waals surface area contributed by atoms with Crippen LogP contribution in [0.1, 0.15) is 38.2 Å². The molecule has 0 aliphatic carbocycles. The first-order chi connectivity index (χ1) is 10.9. The van der Waals surface area contributed by atoms with Crippen molar-refractivity contribution in [3.05, 3.63) is 23.8 Å². The van der Waals surface area contributed by atoms with E-state index >= 15 is 0 Å². The molecule has 2 heterocycles. The molecule has 1 amide bonds. The van der Waals surface area contributed by atoms with Crippen LogP contribution in [0.15, 0.2) is 23.1 Å². The van der Waals surface area contributed by atoms with Gasteiger partial charge in [-0.2, -0.15) is 0 Å². The zero-order chi connectivity index (χ0) is 16.4. The maximum Gasteiger partial charge on any atom is 0.240 e. The summed E-state index contributed by atoms with van der Waals surface area (Å²) in [4.78, 5) is 11.8. The summed E-state index contributed by atoms with van der Waals surface area (Å²) in [5.74, 6) is -0.0128. The highest BCUT2D eigenvalue weighted by Crippen LogP contribution is 2.25. The SMILES string of the molecule is CC1CC(NS(=O)(=O)c2ccc3c(c2)CCCC(=O)N3)CCN1.Cl. The molecule has 24 heavy (non-hydrogen) atoms. The van der Waals surface area contributed by atoms with E-state index in [1.54, 1.807) is 18.2 Å². The summed E-state index contributed by atoms with van der Waals surface area (Å²) >= 11 is 0. The number of halogens is 1. The van der Waals surface area contributed by atoms with E-state index in [2.05, 4.69) is 22.3 Å². The fourth-order valence-electron chi connectivity index (χ4n) is 3.24. The lowest BCUT2D eigenvalue weighted by Crippen LogP contribution is -2.46. The molecule has 1 aromatic carbocycles. The first kappa shape index (κ1) is 19.2. The molecule has 1 fully saturated rings. The van der Waals surface area contributed by atoms with Crippen LogP contribution >= 0.6 is 12.4 Å². The monoisotopic (exact) mass is 373 g/mol. The molecular formula is C16H24ClN3O3S. The van der Waals surface area contributed by atoms with E-state index < -0.39 is 10.0 Å². The highest BCUT2D eigenvalue weighted by molar-refractivity contribution is 7.89. The summed E-state index contributed by atoms with van der Waals surface area (Å²) in [5.41, 5.74) is 1.61. The lowest BCUT2D eigenvalue weighted by molar-refractivity contribution is -0.116. The van der Waals surface area contributed by atoms with Gasteiger partial charge in [-0.25, -0.2) is 13.1 Å². The molecule has 2 unspecified atom stereocenters. The van der Waals surface area contributed by atoms with Crippen molar-refractivity contribution in [2.45, 2.75) is 56.0 Å². The third-order valence-electron chi connectivity index (χ3n) is 4.46. The number of hydrogen-bond acceptors (Lipinski definition) is 4. The van der Waals surface area contributed by atoms with Crippen LogP contribution in [0.3, 0.4) is 0 Å². The molecule has 1 aromatic rings. The van der Waals surface area contributed by atoms with Gasteiger partial charge in [0.1, 0.15) is 0 Å². The second-order valence-corrected chi connectivity index (χ2v) is 8.13. The van der Waals surface area contributed by atoms with E-state index in [1.807, 2.05) is 0 Å². The second kappa shape index (κ2) is 7.82. The Bertz CT molecular complexity index is 709. The molecule has 2 aliphatic heterocycles. The summed E-state index contributed by atoms with van der Waals surface area (Å²) < 4.78 is 28.1. The molecule has 0 bridgehead atoms. The van der Waals surface area contributed by atoms with Crippen LogP contribution in [0.5, 0.6) is 0 Å². The van der Waals surface area contributed by atoms with Crippen molar-refractivity contribution in [2.24, 2.45) is 0 Å². The van der Waals surface area contributed by atoms with Gasteiger partial charge in [0.2, 0.25) is 15.9 Å². The summed E-state index contributed by atoms with van der Waals surface area (Å²) in [6, 6.07) is 5.23. The standard InChI is InChI=1S/C16H23N3O3S.ClH/c1-11-9-13(7-8-17-11)19-23(21,22)14-5-6-15-12(10-14)3-2-4-16(20)18-15;/h5-6,10-11,13,17,19H,2-4,7-9H2,1H3,(H,18,20);1H. The van der Waals surface area contributed by atoms with Crippen LogP contribution < -0.4 is 15.4 Å². The smallest absolute Gasteiger partial charge is 0.240 e. The van der Waals surface area contributed by atoms with Gasteiger partial charge in [0.15, 0.2) is 0 Å². The molecule has 2 atom stereocenters. The van der Waals surface area contributed by atoms with Gasteiger partial charge < -0.3 is 10.6 Å². The summed E-state index contributed by atoms with van der Waals surface area (Å²) in [6.07, 6.45) is 3.51. The van der Waals surface area contributed by atoms with Crippen molar-refractivity contribution >= 4 is 34.0 Å². The summed E-state index contributed by atoms with van der Waals surface area (Å²) in [5, 5.41) is 6.14. The third-order valence-corrected chi connectivity index (χ3v) is 5.97. The van der Waals surface area contributed by atoms with Crippen LogP contribution in [-0.2, 0) is 21.2 Å². The van der Waals surface area contributed by atoms with Crippen LogP contribution in [-0.4, -0.2) is 33.0 Å². The Morgan fingerprint density at radius 2 is 2.04 bits per heavy atom. The highest BCUT2D eigenvalue weighted by atomic mass is 35.5. The number of anilines is 1. The summed E-state index contributed by atoms with van der Waals surface area (Å²) in [7, 11) is -3.53. The van der Waals surface area contributed by atoms with Crippen molar-refractivity contribution < 1.29 is 13.2 Å². The van der Waals surface area contributed by atoms with E-state index in [9.17, 15) is 13.2 Å². The Kier molecular flexibility index (Phi) is 6.25. The lowest BCUT2D eigenvalue weighted by atomic mass is 10.0. The van der Waals surface area contributed by atoms with Gasteiger partial charge in [0.25, 0.3) is 0 Å². The summed E-state index contributed by atoms with van der Waals surface area (Å²) in [6.45, 7) is 2.89. The number of sulfonamides is 1. The van der Waals surface area contributed by atoms with Gasteiger partial charge in [0.05, 0.1) is 4.90 Å². The van der Waals surface area contributed by atoms with E-state index in [0.717, 1.165) is 37.1 Å². The fraction of sp³-hybridized carbons (Fsp3) is 0.562. The Morgan fingerprint density at radius 1 is 1.25 bits per heavy atom. The number of aryl methyl sites for hydroxylation is 1. The Hall–Kier alpha value is -1.15. The zero-order valence-corrected chi connectivity index (χ0v) is 15.3. The normalized spacial score (nSPS) is 24.3. The number of rotatable bonds is 3. The Balaban J connectivity index is 0.00000208. The number of nitrogens with one attached hydrogen (secondary N) is 3. The average molecular weight is 374 g/mol. The molecule has 3 N–H and O–H groups in total. The van der Waals surface area contributed by atoms with Crippen molar-refractivity contribution in [1.82, 2.24) is 10.0 Å². The van der Waals surface area contributed by atoms with Gasteiger partial charge in [-0.05, 0) is 62.9 Å². The maximum atomic E-state index is 12.6. The van der Waals surface area contributed by atoms with Gasteiger partial charge in [-0.15, -0.1) is 12.4 Å². The van der Waals surface area contributed by atoms with E-state index in [-0.39, 0.29) is 29.3 Å². The number of piperidine rings is 1. The second-order valence-electron chi connectivity index (χ2n) is 6.42. The predicted molar refractivity (Wildman–Crippen MR) is 96.1 cm³/mol. The van der Waals surface area contributed by atoms with Crippen molar-refractivity contribution in [2.75, 3.05) is 11.9 Å². The first-order valence-electron chi connectivity index (χ1n) is 8.12. The van der Waals surface area contributed by atoms with Gasteiger partial charge >= 0.3 is 0 Å². The zero-order valence-electron chi connectivity index (χ0n) is 13.7. The quantitative estimate of drug-likeness (QED) is 0.754. The molecule has 0 spiro atoms. The van der Waals surface area contributed by atoms with E-state index in [1.165, 1.54) is 0 Å². The average Bonchev–Trinajstić information content (AvgIpc) is 2.66. The minimum absolute atomic E-state index is 0. The minimum Gasteiger partial charge on any atom is -0.326 e. The number of carbonyl (C=O) groups excluding carboxylic acids is 1. The van der Waals surface area contributed by atoms with Gasteiger partial charge in [0, 0.05) is 24.2 Å². The molecular weight excluding hydrogens is 350 g/mol. The first-order valence-corrected chi connectivity index (χ1v) is 9.61. The number of carbonyl (C=O) groups is 1. The lowest BCUT2D eigenvalue weighted by Gasteiger charge is -2.28. The van der Waals surface area contributed by atoms with Crippen LogP contribution in [0.4, 0.5) is 5.69 Å². The molecule has 1 saturated heterocycles. The van der Waals surface area contributed by atoms with Crippen LogP contribution in [0.25, 0.3) is 0 Å². The molecule has 134 valence electrons. The topological polar surface area (TPSA) is 87.3 Å². The Morgan fingerprint density at radius 3 is 2.79 bits per heavy atom. The molecule has 2 aliphatic rings. The molecule has 0 aromatic heterocycles. The van der Waals surface area contributed by atoms with Crippen molar-refractivity contribution in [1.29, 1.82) is 0 Å². The molecule has 0 radical (unpaired) electrons. The third kappa shape index (κ3) is 4.47.